The number of nitrogens with one attached hydrogen (secondary N) is 2. The van der Waals surface area contributed by atoms with Gasteiger partial charge >= 0.3 is 6.18 Å². The number of ketones is 1. The van der Waals surface area contributed by atoms with E-state index in [4.69, 9.17) is 23.2 Å². The minimum atomic E-state index is -5.12. The van der Waals surface area contributed by atoms with E-state index >= 15 is 0 Å². The molecule has 3 rings (SSSR count). The van der Waals surface area contributed by atoms with E-state index < -0.39 is 59.6 Å². The van der Waals surface area contributed by atoms with Gasteiger partial charge in [0.25, 0.3) is 11.7 Å². The highest BCUT2D eigenvalue weighted by Crippen LogP contribution is 2.27. The first kappa shape index (κ1) is 32.4. The summed E-state index contributed by atoms with van der Waals surface area (Å²) in [5.74, 6) is -5.28. The Labute approximate surface area is 245 Å². The van der Waals surface area contributed by atoms with Gasteiger partial charge in [0.05, 0.1) is 34.2 Å². The highest BCUT2D eigenvalue weighted by atomic mass is 35.5. The maximum Gasteiger partial charge on any atom is 0.452 e. The Hall–Kier alpha value is -3.12. The van der Waals surface area contributed by atoms with E-state index in [1.54, 1.807) is 39.0 Å². The number of hydrogen-bond acceptors (Lipinski definition) is 5. The molecule has 2 heterocycles. The maximum absolute atomic E-state index is 13.6. The first-order chi connectivity index (χ1) is 19.0. The second kappa shape index (κ2) is 12.8. The van der Waals surface area contributed by atoms with Gasteiger partial charge in [-0.1, -0.05) is 50.9 Å². The smallest absolute Gasteiger partial charge is 0.344 e. The van der Waals surface area contributed by atoms with Crippen LogP contribution < -0.4 is 10.6 Å². The Kier molecular flexibility index (Phi) is 10.1. The molecule has 1 aliphatic rings. The number of Topliss-reactive ketones (excluding diaryl/α,β-unsaturated/α-hetero) is 1. The van der Waals surface area contributed by atoms with Crippen LogP contribution in [0.15, 0.2) is 24.4 Å². The van der Waals surface area contributed by atoms with Gasteiger partial charge in [-0.25, -0.2) is 4.68 Å². The summed E-state index contributed by atoms with van der Waals surface area (Å²) in [4.78, 5) is 53.1. The SMILES string of the molecule is Cc1c(C(=O)N[C@H](C(=O)N2CCC[C@H]2C(=O)N[C@H](C(=O)C(F)(F)F)C(C)C)C(C)C)cnn1-c1cc(Cl)ccc1Cl. The molecule has 14 heteroatoms. The average molecular weight is 618 g/mol. The molecule has 1 aromatic heterocycles. The molecule has 0 aliphatic carbocycles. The van der Waals surface area contributed by atoms with Gasteiger partial charge in [0.2, 0.25) is 11.8 Å². The van der Waals surface area contributed by atoms with Crippen LogP contribution >= 0.6 is 23.2 Å². The Morgan fingerprint density at radius 2 is 1.66 bits per heavy atom. The highest BCUT2D eigenvalue weighted by Gasteiger charge is 2.46. The maximum atomic E-state index is 13.6. The van der Waals surface area contributed by atoms with Gasteiger partial charge in [-0.3, -0.25) is 19.2 Å². The van der Waals surface area contributed by atoms with Crippen molar-refractivity contribution in [3.8, 4) is 5.69 Å². The predicted molar refractivity (Wildman–Crippen MR) is 147 cm³/mol. The number of carbonyl (C=O) groups excluding carboxylic acids is 4. The number of halogens is 5. The molecule has 0 radical (unpaired) electrons. The molecule has 1 fully saturated rings. The summed E-state index contributed by atoms with van der Waals surface area (Å²) < 4.78 is 40.7. The van der Waals surface area contributed by atoms with Gasteiger partial charge in [0, 0.05) is 11.6 Å². The van der Waals surface area contributed by atoms with Gasteiger partial charge in [-0.2, -0.15) is 18.3 Å². The zero-order chi connectivity index (χ0) is 30.8. The van der Waals surface area contributed by atoms with E-state index in [1.165, 1.54) is 29.6 Å². The number of aromatic nitrogens is 2. The van der Waals surface area contributed by atoms with Crippen LogP contribution in [0.25, 0.3) is 5.69 Å². The molecular formula is C27H32Cl2F3N5O4. The van der Waals surface area contributed by atoms with Gasteiger partial charge in [0.15, 0.2) is 0 Å². The van der Waals surface area contributed by atoms with Crippen LogP contribution in [0.4, 0.5) is 13.2 Å². The summed E-state index contributed by atoms with van der Waals surface area (Å²) in [7, 11) is 0. The molecule has 1 aromatic carbocycles. The van der Waals surface area contributed by atoms with Gasteiger partial charge in [-0.15, -0.1) is 0 Å². The molecule has 3 amide bonds. The first-order valence-corrected chi connectivity index (χ1v) is 13.8. The van der Waals surface area contributed by atoms with Crippen molar-refractivity contribution in [1.29, 1.82) is 0 Å². The third-order valence-electron chi connectivity index (χ3n) is 6.97. The zero-order valence-corrected chi connectivity index (χ0v) is 24.7. The highest BCUT2D eigenvalue weighted by molar-refractivity contribution is 6.34. The normalized spacial score (nSPS) is 17.1. The molecule has 1 aliphatic heterocycles. The molecule has 9 nitrogen and oxygen atoms in total. The largest absolute Gasteiger partial charge is 0.452 e. The van der Waals surface area contributed by atoms with Crippen molar-refractivity contribution in [2.75, 3.05) is 6.54 Å². The quantitative estimate of drug-likeness (QED) is 0.430. The number of benzene rings is 1. The van der Waals surface area contributed by atoms with E-state index in [9.17, 15) is 32.3 Å². The van der Waals surface area contributed by atoms with Crippen LogP contribution in [-0.4, -0.2) is 69.0 Å². The summed E-state index contributed by atoms with van der Waals surface area (Å²) in [5.41, 5.74) is 1.08. The van der Waals surface area contributed by atoms with Crippen LogP contribution in [0.3, 0.4) is 0 Å². The number of carbonyl (C=O) groups is 4. The number of amides is 3. The van der Waals surface area contributed by atoms with Crippen LogP contribution in [0, 0.1) is 18.8 Å². The molecular weight excluding hydrogens is 586 g/mol. The van der Waals surface area contributed by atoms with Crippen LogP contribution in [0.5, 0.6) is 0 Å². The van der Waals surface area contributed by atoms with Crippen molar-refractivity contribution in [2.45, 2.75) is 71.8 Å². The number of nitrogens with zero attached hydrogens (tertiary/aromatic N) is 3. The summed E-state index contributed by atoms with van der Waals surface area (Å²) in [5, 5.41) is 9.94. The molecule has 2 N–H and O–H groups in total. The van der Waals surface area contributed by atoms with Crippen molar-refractivity contribution in [3.63, 3.8) is 0 Å². The van der Waals surface area contributed by atoms with Crippen LogP contribution in [0.1, 0.15) is 56.6 Å². The third-order valence-corrected chi connectivity index (χ3v) is 7.53. The van der Waals surface area contributed by atoms with Crippen molar-refractivity contribution in [3.05, 3.63) is 45.7 Å². The summed E-state index contributed by atoms with van der Waals surface area (Å²) in [6.07, 6.45) is -3.16. The minimum Gasteiger partial charge on any atom is -0.344 e. The Morgan fingerprint density at radius 1 is 1.02 bits per heavy atom. The molecule has 3 atom stereocenters. The summed E-state index contributed by atoms with van der Waals surface area (Å²) in [6, 6.07) is 0.883. The average Bonchev–Trinajstić information content (AvgIpc) is 3.52. The monoisotopic (exact) mass is 617 g/mol. The Balaban J connectivity index is 1.79. The second-order valence-electron chi connectivity index (χ2n) is 10.6. The summed E-state index contributed by atoms with van der Waals surface area (Å²) in [6.45, 7) is 8.03. The minimum absolute atomic E-state index is 0.166. The molecule has 0 saturated carbocycles. The number of rotatable bonds is 9. The lowest BCUT2D eigenvalue weighted by Crippen LogP contribution is -2.58. The molecule has 1 saturated heterocycles. The molecule has 2 aromatic rings. The summed E-state index contributed by atoms with van der Waals surface area (Å²) >= 11 is 12.4. The standard InChI is InChI=1S/C27H32Cl2F3N5O4/c1-13(2)21(23(38)27(30,31)32)34-25(40)19-7-6-10-36(19)26(41)22(14(3)4)35-24(39)17-12-33-37(15(17)5)20-11-16(28)8-9-18(20)29/h8-9,11-14,19,21-22H,6-7,10H2,1-5H3,(H,34,40)(H,35,39)/t19-,21-,22-/m0/s1. The van der Waals surface area contributed by atoms with E-state index in [0.717, 1.165) is 0 Å². The van der Waals surface area contributed by atoms with E-state index in [2.05, 4.69) is 15.7 Å². The Morgan fingerprint density at radius 3 is 2.24 bits per heavy atom. The van der Waals surface area contributed by atoms with Crippen LogP contribution in [0.2, 0.25) is 10.0 Å². The Bertz CT molecular complexity index is 1330. The molecule has 0 spiro atoms. The van der Waals surface area contributed by atoms with Crippen molar-refractivity contribution >= 4 is 46.7 Å². The third kappa shape index (κ3) is 7.21. The molecule has 0 unspecified atom stereocenters. The lowest BCUT2D eigenvalue weighted by Gasteiger charge is -2.31. The number of hydrogen-bond donors (Lipinski definition) is 2. The topological polar surface area (TPSA) is 113 Å². The first-order valence-electron chi connectivity index (χ1n) is 13.1. The van der Waals surface area contributed by atoms with Gasteiger partial charge in [-0.05, 0) is 49.8 Å². The molecule has 41 heavy (non-hydrogen) atoms. The fourth-order valence-corrected chi connectivity index (χ4v) is 5.06. The molecule has 224 valence electrons. The van der Waals surface area contributed by atoms with E-state index in [0.29, 0.717) is 27.8 Å². The van der Waals surface area contributed by atoms with E-state index in [-0.39, 0.29) is 18.5 Å². The lowest BCUT2D eigenvalue weighted by molar-refractivity contribution is -0.175. The second-order valence-corrected chi connectivity index (χ2v) is 11.5. The van der Waals surface area contributed by atoms with Crippen molar-refractivity contribution < 1.29 is 32.3 Å². The fraction of sp³-hybridized carbons (Fsp3) is 0.519. The predicted octanol–water partition coefficient (Wildman–Crippen LogP) is 4.51. The lowest BCUT2D eigenvalue weighted by atomic mass is 9.98. The van der Waals surface area contributed by atoms with Crippen molar-refractivity contribution in [2.24, 2.45) is 11.8 Å². The molecule has 0 bridgehead atoms. The van der Waals surface area contributed by atoms with Gasteiger partial charge < -0.3 is 15.5 Å². The van der Waals surface area contributed by atoms with Crippen LogP contribution in [-0.2, 0) is 14.4 Å². The van der Waals surface area contributed by atoms with E-state index in [1.807, 2.05) is 0 Å². The number of alkyl halides is 3. The number of likely N-dealkylation sites (tertiary alicyclic amines) is 1. The zero-order valence-electron chi connectivity index (χ0n) is 23.2. The fourth-order valence-electron chi connectivity index (χ4n) is 4.70. The van der Waals surface area contributed by atoms with Gasteiger partial charge in [0.1, 0.15) is 12.1 Å². The van der Waals surface area contributed by atoms with Crippen molar-refractivity contribution in [1.82, 2.24) is 25.3 Å².